The van der Waals surface area contributed by atoms with Crippen LogP contribution >= 0.6 is 0 Å². The van der Waals surface area contributed by atoms with Crippen molar-refractivity contribution in [2.75, 3.05) is 36.4 Å². The normalized spacial score (nSPS) is 20.2. The maximum Gasteiger partial charge on any atom is 0.155 e. The van der Waals surface area contributed by atoms with E-state index in [0.717, 1.165) is 61.3 Å². The number of nitrogens with zero attached hydrogens (tertiary/aromatic N) is 5. The fraction of sp³-hybridized carbons (Fsp3) is 0.421. The molecule has 5 heterocycles. The van der Waals surface area contributed by atoms with E-state index in [2.05, 4.69) is 42.2 Å². The molecule has 2 N–H and O–H groups in total. The third-order valence-electron chi connectivity index (χ3n) is 5.24. The Morgan fingerprint density at radius 1 is 1.12 bits per heavy atom. The number of pyridine rings is 1. The van der Waals surface area contributed by atoms with Crippen LogP contribution in [0.2, 0.25) is 0 Å². The fourth-order valence-electron chi connectivity index (χ4n) is 3.82. The highest BCUT2D eigenvalue weighted by Gasteiger charge is 2.17. The van der Waals surface area contributed by atoms with Gasteiger partial charge in [-0.3, -0.25) is 4.40 Å². The van der Waals surface area contributed by atoms with Gasteiger partial charge in [-0.25, -0.2) is 15.0 Å². The first-order chi connectivity index (χ1) is 12.9. The van der Waals surface area contributed by atoms with Crippen LogP contribution in [0.15, 0.2) is 36.8 Å². The van der Waals surface area contributed by atoms with Crippen LogP contribution in [0.1, 0.15) is 19.3 Å². The lowest BCUT2D eigenvalue weighted by molar-refractivity contribution is 0.788. The lowest BCUT2D eigenvalue weighted by Crippen LogP contribution is -2.22. The lowest BCUT2D eigenvalue weighted by atomic mass is 10.2. The van der Waals surface area contributed by atoms with E-state index in [0.29, 0.717) is 6.04 Å². The zero-order valence-electron chi connectivity index (χ0n) is 14.7. The van der Waals surface area contributed by atoms with E-state index < -0.39 is 0 Å². The zero-order valence-corrected chi connectivity index (χ0v) is 14.7. The quantitative estimate of drug-likeness (QED) is 0.752. The molecule has 2 aliphatic rings. The molecule has 7 heteroatoms. The number of imidazole rings is 1. The van der Waals surface area contributed by atoms with Crippen molar-refractivity contribution in [3.63, 3.8) is 0 Å². The monoisotopic (exact) mass is 349 g/mol. The third kappa shape index (κ3) is 2.88. The van der Waals surface area contributed by atoms with E-state index in [9.17, 15) is 0 Å². The van der Waals surface area contributed by atoms with Crippen molar-refractivity contribution in [3.05, 3.63) is 36.8 Å². The van der Waals surface area contributed by atoms with Crippen LogP contribution in [0.25, 0.3) is 17.0 Å². The SMILES string of the molecule is c1cc(NC2CCNC2)nc(-c2cnc3cnc(N4CCCC4)cn23)c1. The number of anilines is 2. The van der Waals surface area contributed by atoms with E-state index >= 15 is 0 Å². The van der Waals surface area contributed by atoms with E-state index in [-0.39, 0.29) is 0 Å². The molecule has 0 radical (unpaired) electrons. The predicted octanol–water partition coefficient (Wildman–Crippen LogP) is 2.17. The van der Waals surface area contributed by atoms with Crippen LogP contribution in [0.3, 0.4) is 0 Å². The number of fused-ring (bicyclic) bond motifs is 1. The highest BCUT2D eigenvalue weighted by atomic mass is 15.2. The molecule has 0 saturated carbocycles. The summed E-state index contributed by atoms with van der Waals surface area (Å²) in [7, 11) is 0. The molecule has 7 nitrogen and oxygen atoms in total. The molecule has 0 amide bonds. The predicted molar refractivity (Wildman–Crippen MR) is 103 cm³/mol. The van der Waals surface area contributed by atoms with E-state index in [1.54, 1.807) is 0 Å². The van der Waals surface area contributed by atoms with Gasteiger partial charge in [0.15, 0.2) is 5.65 Å². The van der Waals surface area contributed by atoms with Crippen LogP contribution in [-0.2, 0) is 0 Å². The lowest BCUT2D eigenvalue weighted by Gasteiger charge is -2.16. The maximum absolute atomic E-state index is 4.82. The number of rotatable bonds is 4. The number of hydrogen-bond donors (Lipinski definition) is 2. The maximum atomic E-state index is 4.82. The van der Waals surface area contributed by atoms with E-state index in [1.165, 1.54) is 12.8 Å². The van der Waals surface area contributed by atoms with Gasteiger partial charge in [0.2, 0.25) is 0 Å². The van der Waals surface area contributed by atoms with Crippen molar-refractivity contribution in [1.29, 1.82) is 0 Å². The van der Waals surface area contributed by atoms with Gasteiger partial charge in [-0.15, -0.1) is 0 Å². The molecule has 2 aliphatic heterocycles. The largest absolute Gasteiger partial charge is 0.366 e. The van der Waals surface area contributed by atoms with Crippen molar-refractivity contribution < 1.29 is 0 Å². The van der Waals surface area contributed by atoms with Crippen LogP contribution in [-0.4, -0.2) is 51.6 Å². The second-order valence-corrected chi connectivity index (χ2v) is 7.05. The number of nitrogens with one attached hydrogen (secondary N) is 2. The van der Waals surface area contributed by atoms with Gasteiger partial charge in [0.1, 0.15) is 11.6 Å². The molecule has 1 atom stereocenters. The van der Waals surface area contributed by atoms with Gasteiger partial charge in [-0.1, -0.05) is 6.07 Å². The molecule has 0 bridgehead atoms. The van der Waals surface area contributed by atoms with Crippen LogP contribution < -0.4 is 15.5 Å². The Labute approximate surface area is 152 Å². The van der Waals surface area contributed by atoms with Crippen LogP contribution in [0, 0.1) is 0 Å². The Balaban J connectivity index is 1.48. The summed E-state index contributed by atoms with van der Waals surface area (Å²) in [6.45, 7) is 4.22. The van der Waals surface area contributed by atoms with Gasteiger partial charge in [-0.2, -0.15) is 0 Å². The third-order valence-corrected chi connectivity index (χ3v) is 5.24. The molecule has 26 heavy (non-hydrogen) atoms. The Kier molecular flexibility index (Phi) is 3.93. The number of hydrogen-bond acceptors (Lipinski definition) is 6. The van der Waals surface area contributed by atoms with Crippen molar-refractivity contribution in [2.24, 2.45) is 0 Å². The standard InChI is InChI=1S/C19H23N7/c1-2-9-25(8-1)19-13-26-16(11-21-18(26)12-22-19)15-4-3-5-17(24-15)23-14-6-7-20-10-14/h3-5,11-14,20H,1-2,6-10H2,(H,23,24). The minimum atomic E-state index is 0.450. The average molecular weight is 349 g/mol. The average Bonchev–Trinajstić information content (AvgIpc) is 3.43. The van der Waals surface area contributed by atoms with Gasteiger partial charge in [0, 0.05) is 25.7 Å². The van der Waals surface area contributed by atoms with Gasteiger partial charge in [-0.05, 0) is 37.9 Å². The van der Waals surface area contributed by atoms with Gasteiger partial charge in [0.25, 0.3) is 0 Å². The molecule has 3 aromatic rings. The highest BCUT2D eigenvalue weighted by Crippen LogP contribution is 2.24. The second-order valence-electron chi connectivity index (χ2n) is 7.05. The Morgan fingerprint density at radius 2 is 2.04 bits per heavy atom. The molecular formula is C19H23N7. The smallest absolute Gasteiger partial charge is 0.155 e. The molecule has 0 spiro atoms. The molecule has 1 unspecified atom stereocenters. The molecule has 2 saturated heterocycles. The van der Waals surface area contributed by atoms with Crippen LogP contribution in [0.4, 0.5) is 11.6 Å². The molecule has 3 aromatic heterocycles. The molecule has 134 valence electrons. The van der Waals surface area contributed by atoms with Crippen LogP contribution in [0.5, 0.6) is 0 Å². The first-order valence-corrected chi connectivity index (χ1v) is 9.39. The summed E-state index contributed by atoms with van der Waals surface area (Å²) < 4.78 is 2.10. The highest BCUT2D eigenvalue weighted by molar-refractivity contribution is 5.62. The zero-order chi connectivity index (χ0) is 17.3. The first kappa shape index (κ1) is 15.6. The molecule has 0 aliphatic carbocycles. The summed E-state index contributed by atoms with van der Waals surface area (Å²) in [6, 6.07) is 6.57. The second kappa shape index (κ2) is 6.57. The minimum absolute atomic E-state index is 0.450. The first-order valence-electron chi connectivity index (χ1n) is 9.39. The Morgan fingerprint density at radius 3 is 2.88 bits per heavy atom. The molecule has 2 fully saturated rings. The summed E-state index contributed by atoms with van der Waals surface area (Å²) >= 11 is 0. The van der Waals surface area contributed by atoms with Gasteiger partial charge >= 0.3 is 0 Å². The molecule has 0 aromatic carbocycles. The summed E-state index contributed by atoms with van der Waals surface area (Å²) in [4.78, 5) is 16.2. The molecule has 5 rings (SSSR count). The summed E-state index contributed by atoms with van der Waals surface area (Å²) in [5.41, 5.74) is 2.77. The van der Waals surface area contributed by atoms with E-state index in [1.807, 2.05) is 24.5 Å². The van der Waals surface area contributed by atoms with Crippen molar-refractivity contribution >= 4 is 17.3 Å². The summed E-state index contributed by atoms with van der Waals surface area (Å²) in [5.74, 6) is 1.93. The summed E-state index contributed by atoms with van der Waals surface area (Å²) in [5, 5.41) is 6.90. The van der Waals surface area contributed by atoms with Crippen molar-refractivity contribution in [3.8, 4) is 11.4 Å². The summed E-state index contributed by atoms with van der Waals surface area (Å²) in [6.07, 6.45) is 9.43. The topological polar surface area (TPSA) is 70.4 Å². The van der Waals surface area contributed by atoms with Crippen molar-refractivity contribution in [2.45, 2.75) is 25.3 Å². The Bertz CT molecular complexity index is 907. The number of aromatic nitrogens is 4. The van der Waals surface area contributed by atoms with E-state index in [4.69, 9.17) is 4.98 Å². The van der Waals surface area contributed by atoms with Gasteiger partial charge < -0.3 is 15.5 Å². The van der Waals surface area contributed by atoms with Gasteiger partial charge in [0.05, 0.1) is 30.0 Å². The Hall–Kier alpha value is -2.67. The molecular weight excluding hydrogens is 326 g/mol. The van der Waals surface area contributed by atoms with Crippen molar-refractivity contribution in [1.82, 2.24) is 24.7 Å². The fourth-order valence-corrected chi connectivity index (χ4v) is 3.82. The minimum Gasteiger partial charge on any atom is -0.366 e.